The van der Waals surface area contributed by atoms with Crippen LogP contribution in [0, 0.1) is 0 Å². The fourth-order valence-corrected chi connectivity index (χ4v) is 3.93. The predicted molar refractivity (Wildman–Crippen MR) is 89.9 cm³/mol. The third kappa shape index (κ3) is 3.05. The maximum absolute atomic E-state index is 13.0. The van der Waals surface area contributed by atoms with Crippen molar-refractivity contribution in [1.29, 1.82) is 0 Å². The van der Waals surface area contributed by atoms with Crippen LogP contribution in [-0.2, 0) is 10.2 Å². The Morgan fingerprint density at radius 1 is 1.00 bits per heavy atom. The van der Waals surface area contributed by atoms with Crippen molar-refractivity contribution in [3.05, 3.63) is 35.9 Å². The van der Waals surface area contributed by atoms with Gasteiger partial charge in [0.25, 0.3) is 0 Å². The number of carbonyl (C=O) groups excluding carboxylic acids is 1. The van der Waals surface area contributed by atoms with E-state index in [1.54, 1.807) is 0 Å². The van der Waals surface area contributed by atoms with Crippen molar-refractivity contribution in [2.24, 2.45) is 0 Å². The SMILES string of the molecule is CC(C)(C(=O)N1CCN(C2CCCC2)CC1)c1ccccc1. The van der Waals surface area contributed by atoms with Crippen LogP contribution in [-0.4, -0.2) is 47.9 Å². The fraction of sp³-hybridized carbons (Fsp3) is 0.632. The maximum atomic E-state index is 13.0. The maximum Gasteiger partial charge on any atom is 0.232 e. The Labute approximate surface area is 134 Å². The minimum Gasteiger partial charge on any atom is -0.339 e. The molecule has 22 heavy (non-hydrogen) atoms. The third-order valence-electron chi connectivity index (χ3n) is 5.47. The number of hydrogen-bond acceptors (Lipinski definition) is 2. The molecule has 1 aromatic carbocycles. The van der Waals surface area contributed by atoms with Gasteiger partial charge in [0, 0.05) is 32.2 Å². The summed E-state index contributed by atoms with van der Waals surface area (Å²) in [6.45, 7) is 7.95. The fourth-order valence-electron chi connectivity index (χ4n) is 3.93. The molecule has 1 amide bonds. The van der Waals surface area contributed by atoms with Gasteiger partial charge in [-0.25, -0.2) is 0 Å². The summed E-state index contributed by atoms with van der Waals surface area (Å²) in [5, 5.41) is 0. The number of hydrogen-bond donors (Lipinski definition) is 0. The van der Waals surface area contributed by atoms with Crippen LogP contribution in [0.4, 0.5) is 0 Å². The largest absolute Gasteiger partial charge is 0.339 e. The first-order valence-electron chi connectivity index (χ1n) is 8.68. The summed E-state index contributed by atoms with van der Waals surface area (Å²) >= 11 is 0. The molecule has 0 spiro atoms. The van der Waals surface area contributed by atoms with E-state index in [0.29, 0.717) is 0 Å². The summed E-state index contributed by atoms with van der Waals surface area (Å²) in [6, 6.07) is 10.9. The van der Waals surface area contributed by atoms with E-state index in [4.69, 9.17) is 0 Å². The van der Waals surface area contributed by atoms with E-state index >= 15 is 0 Å². The summed E-state index contributed by atoms with van der Waals surface area (Å²) in [7, 11) is 0. The van der Waals surface area contributed by atoms with Crippen molar-refractivity contribution in [1.82, 2.24) is 9.80 Å². The lowest BCUT2D eigenvalue weighted by Gasteiger charge is -2.41. The average Bonchev–Trinajstić information content (AvgIpc) is 3.09. The molecule has 1 aromatic rings. The molecule has 0 N–H and O–H groups in total. The Kier molecular flexibility index (Phi) is 4.53. The molecule has 0 aromatic heterocycles. The minimum atomic E-state index is -0.434. The van der Waals surface area contributed by atoms with E-state index in [-0.39, 0.29) is 5.91 Å². The third-order valence-corrected chi connectivity index (χ3v) is 5.47. The lowest BCUT2D eigenvalue weighted by Crippen LogP contribution is -2.54. The van der Waals surface area contributed by atoms with E-state index in [0.717, 1.165) is 37.8 Å². The molecule has 3 heteroatoms. The zero-order valence-electron chi connectivity index (χ0n) is 13.9. The molecule has 0 unspecified atom stereocenters. The zero-order valence-corrected chi connectivity index (χ0v) is 13.9. The van der Waals surface area contributed by atoms with Crippen molar-refractivity contribution in [2.75, 3.05) is 26.2 Å². The highest BCUT2D eigenvalue weighted by molar-refractivity contribution is 5.87. The number of piperazine rings is 1. The van der Waals surface area contributed by atoms with Crippen LogP contribution >= 0.6 is 0 Å². The van der Waals surface area contributed by atoms with Gasteiger partial charge in [-0.15, -0.1) is 0 Å². The zero-order chi connectivity index (χ0) is 15.6. The molecule has 0 bridgehead atoms. The van der Waals surface area contributed by atoms with Gasteiger partial charge in [0.05, 0.1) is 5.41 Å². The molecule has 1 heterocycles. The van der Waals surface area contributed by atoms with Gasteiger partial charge in [0.1, 0.15) is 0 Å². The first-order valence-corrected chi connectivity index (χ1v) is 8.68. The quantitative estimate of drug-likeness (QED) is 0.856. The highest BCUT2D eigenvalue weighted by Gasteiger charge is 2.36. The lowest BCUT2D eigenvalue weighted by atomic mass is 9.83. The van der Waals surface area contributed by atoms with Crippen LogP contribution in [0.2, 0.25) is 0 Å². The Morgan fingerprint density at radius 3 is 2.18 bits per heavy atom. The molecular weight excluding hydrogens is 272 g/mol. The molecule has 3 rings (SSSR count). The molecule has 1 saturated heterocycles. The number of rotatable bonds is 3. The van der Waals surface area contributed by atoms with E-state index in [1.165, 1.54) is 25.7 Å². The van der Waals surface area contributed by atoms with Crippen molar-refractivity contribution in [3.8, 4) is 0 Å². The van der Waals surface area contributed by atoms with E-state index < -0.39 is 5.41 Å². The monoisotopic (exact) mass is 300 g/mol. The molecule has 1 aliphatic carbocycles. The topological polar surface area (TPSA) is 23.6 Å². The van der Waals surface area contributed by atoms with Gasteiger partial charge in [-0.1, -0.05) is 43.2 Å². The summed E-state index contributed by atoms with van der Waals surface area (Å²) in [5.74, 6) is 0.268. The Balaban J connectivity index is 1.62. The van der Waals surface area contributed by atoms with E-state index in [1.807, 2.05) is 32.0 Å². The van der Waals surface area contributed by atoms with Crippen LogP contribution in [0.3, 0.4) is 0 Å². The Bertz CT molecular complexity index is 497. The molecule has 3 nitrogen and oxygen atoms in total. The number of carbonyl (C=O) groups is 1. The smallest absolute Gasteiger partial charge is 0.232 e. The van der Waals surface area contributed by atoms with Crippen molar-refractivity contribution < 1.29 is 4.79 Å². The van der Waals surface area contributed by atoms with E-state index in [9.17, 15) is 4.79 Å². The molecular formula is C19H28N2O. The second-order valence-corrected chi connectivity index (χ2v) is 7.26. The van der Waals surface area contributed by atoms with Crippen LogP contribution < -0.4 is 0 Å². The second kappa shape index (κ2) is 6.41. The highest BCUT2D eigenvalue weighted by atomic mass is 16.2. The first kappa shape index (κ1) is 15.5. The van der Waals surface area contributed by atoms with Crippen molar-refractivity contribution in [3.63, 3.8) is 0 Å². The van der Waals surface area contributed by atoms with Gasteiger partial charge in [-0.05, 0) is 32.3 Å². The standard InChI is InChI=1S/C19H28N2O/c1-19(2,16-8-4-3-5-9-16)18(22)21-14-12-20(13-15-21)17-10-6-7-11-17/h3-5,8-9,17H,6-7,10-15H2,1-2H3. The van der Waals surface area contributed by atoms with Gasteiger partial charge >= 0.3 is 0 Å². The highest BCUT2D eigenvalue weighted by Crippen LogP contribution is 2.28. The molecule has 0 atom stereocenters. The predicted octanol–water partition coefficient (Wildman–Crippen LogP) is 3.05. The van der Waals surface area contributed by atoms with Gasteiger partial charge < -0.3 is 4.90 Å². The second-order valence-electron chi connectivity index (χ2n) is 7.26. The number of amides is 1. The van der Waals surface area contributed by atoms with Crippen LogP contribution in [0.1, 0.15) is 45.1 Å². The lowest BCUT2D eigenvalue weighted by molar-refractivity contribution is -0.138. The molecule has 1 aliphatic heterocycles. The van der Waals surface area contributed by atoms with E-state index in [2.05, 4.69) is 21.9 Å². The number of nitrogens with zero attached hydrogens (tertiary/aromatic N) is 2. The van der Waals surface area contributed by atoms with Crippen molar-refractivity contribution in [2.45, 2.75) is 51.0 Å². The first-order chi connectivity index (χ1) is 10.6. The number of benzene rings is 1. The van der Waals surface area contributed by atoms with Crippen LogP contribution in [0.25, 0.3) is 0 Å². The van der Waals surface area contributed by atoms with Gasteiger partial charge in [-0.2, -0.15) is 0 Å². The summed E-state index contributed by atoms with van der Waals surface area (Å²) in [5.41, 5.74) is 0.676. The molecule has 2 fully saturated rings. The molecule has 1 saturated carbocycles. The van der Waals surface area contributed by atoms with Gasteiger partial charge in [-0.3, -0.25) is 9.69 Å². The summed E-state index contributed by atoms with van der Waals surface area (Å²) in [4.78, 5) is 17.6. The Morgan fingerprint density at radius 2 is 1.59 bits per heavy atom. The van der Waals surface area contributed by atoms with Crippen molar-refractivity contribution >= 4 is 5.91 Å². The van der Waals surface area contributed by atoms with Gasteiger partial charge in [0.2, 0.25) is 5.91 Å². The summed E-state index contributed by atoms with van der Waals surface area (Å²) in [6.07, 6.45) is 5.46. The molecule has 2 aliphatic rings. The van der Waals surface area contributed by atoms with Gasteiger partial charge in [0.15, 0.2) is 0 Å². The van der Waals surface area contributed by atoms with Crippen LogP contribution in [0.15, 0.2) is 30.3 Å². The molecule has 0 radical (unpaired) electrons. The Hall–Kier alpha value is -1.35. The summed E-state index contributed by atoms with van der Waals surface area (Å²) < 4.78 is 0. The molecule has 120 valence electrons. The van der Waals surface area contributed by atoms with Crippen LogP contribution in [0.5, 0.6) is 0 Å². The minimum absolute atomic E-state index is 0.268. The average molecular weight is 300 g/mol. The normalized spacial score (nSPS) is 21.3.